The Morgan fingerprint density at radius 3 is 2.71 bits per heavy atom. The molecule has 21 heavy (non-hydrogen) atoms. The lowest BCUT2D eigenvalue weighted by Crippen LogP contribution is -2.26. The molecule has 1 aliphatic rings. The number of benzene rings is 2. The highest BCUT2D eigenvalue weighted by atomic mass is 79.9. The summed E-state index contributed by atoms with van der Waals surface area (Å²) in [6.07, 6.45) is 2.08. The maximum absolute atomic E-state index is 11.5. The third-order valence-electron chi connectivity index (χ3n) is 3.83. The van der Waals surface area contributed by atoms with Crippen molar-refractivity contribution < 1.29 is 9.90 Å². The van der Waals surface area contributed by atoms with E-state index in [1.165, 1.54) is 11.1 Å². The number of carbonyl (C=O) groups is 1. The first kappa shape index (κ1) is 14.1. The van der Waals surface area contributed by atoms with Crippen LogP contribution in [0, 0.1) is 6.92 Å². The fourth-order valence-corrected chi connectivity index (χ4v) is 3.25. The summed E-state index contributed by atoms with van der Waals surface area (Å²) < 4.78 is 0.782. The van der Waals surface area contributed by atoms with Gasteiger partial charge in [-0.25, -0.2) is 4.79 Å². The van der Waals surface area contributed by atoms with Crippen LogP contribution in [-0.4, -0.2) is 17.6 Å². The molecule has 0 fully saturated rings. The van der Waals surface area contributed by atoms with Crippen LogP contribution in [0.2, 0.25) is 0 Å². The molecule has 0 aromatic heterocycles. The number of aryl methyl sites for hydroxylation is 2. The van der Waals surface area contributed by atoms with Crippen molar-refractivity contribution in [2.75, 3.05) is 11.4 Å². The highest BCUT2D eigenvalue weighted by Gasteiger charge is 2.22. The molecule has 0 radical (unpaired) electrons. The Balaban J connectivity index is 2.13. The molecule has 1 aliphatic heterocycles. The van der Waals surface area contributed by atoms with Crippen molar-refractivity contribution in [1.82, 2.24) is 0 Å². The number of carboxylic acid groups (broad SMARTS) is 1. The SMILES string of the molecule is Cc1ccc2c(c1)CCCN2c1ccc(Br)cc1C(=O)O. The van der Waals surface area contributed by atoms with Crippen LogP contribution in [0.4, 0.5) is 11.4 Å². The van der Waals surface area contributed by atoms with Gasteiger partial charge in [-0.3, -0.25) is 0 Å². The Morgan fingerprint density at radius 1 is 1.19 bits per heavy atom. The van der Waals surface area contributed by atoms with Gasteiger partial charge in [-0.15, -0.1) is 0 Å². The molecule has 2 aromatic carbocycles. The molecular formula is C17H16BrNO2. The minimum absolute atomic E-state index is 0.331. The first-order valence-electron chi connectivity index (χ1n) is 6.96. The third kappa shape index (κ3) is 2.68. The second kappa shape index (κ2) is 5.53. The summed E-state index contributed by atoms with van der Waals surface area (Å²) in [7, 11) is 0. The zero-order chi connectivity index (χ0) is 15.0. The molecule has 0 aliphatic carbocycles. The quantitative estimate of drug-likeness (QED) is 0.868. The molecule has 1 N–H and O–H groups in total. The number of anilines is 2. The van der Waals surface area contributed by atoms with Gasteiger partial charge in [0.15, 0.2) is 0 Å². The zero-order valence-electron chi connectivity index (χ0n) is 11.8. The minimum atomic E-state index is -0.898. The smallest absolute Gasteiger partial charge is 0.337 e. The number of fused-ring (bicyclic) bond motifs is 1. The van der Waals surface area contributed by atoms with Gasteiger partial charge in [-0.2, -0.15) is 0 Å². The van der Waals surface area contributed by atoms with E-state index in [1.54, 1.807) is 6.07 Å². The van der Waals surface area contributed by atoms with Crippen LogP contribution < -0.4 is 4.90 Å². The molecule has 3 nitrogen and oxygen atoms in total. The maximum Gasteiger partial charge on any atom is 0.337 e. The second-order valence-electron chi connectivity index (χ2n) is 5.35. The van der Waals surface area contributed by atoms with Gasteiger partial charge < -0.3 is 10.0 Å². The first-order valence-corrected chi connectivity index (χ1v) is 7.75. The average molecular weight is 346 g/mol. The molecule has 1 heterocycles. The van der Waals surface area contributed by atoms with E-state index >= 15 is 0 Å². The van der Waals surface area contributed by atoms with E-state index in [4.69, 9.17) is 0 Å². The Bertz CT molecular complexity index is 712. The lowest BCUT2D eigenvalue weighted by Gasteiger charge is -2.32. The predicted octanol–water partition coefficient (Wildman–Crippen LogP) is 4.54. The minimum Gasteiger partial charge on any atom is -0.478 e. The fourth-order valence-electron chi connectivity index (χ4n) is 2.89. The van der Waals surface area contributed by atoms with Crippen molar-refractivity contribution in [3.8, 4) is 0 Å². The van der Waals surface area contributed by atoms with Crippen molar-refractivity contribution >= 4 is 33.3 Å². The van der Waals surface area contributed by atoms with Crippen LogP contribution >= 0.6 is 15.9 Å². The largest absolute Gasteiger partial charge is 0.478 e. The van der Waals surface area contributed by atoms with Gasteiger partial charge in [0.25, 0.3) is 0 Å². The van der Waals surface area contributed by atoms with Crippen LogP contribution in [0.15, 0.2) is 40.9 Å². The van der Waals surface area contributed by atoms with Crippen molar-refractivity contribution in [2.24, 2.45) is 0 Å². The summed E-state index contributed by atoms with van der Waals surface area (Å²) in [5.41, 5.74) is 4.75. The molecule has 0 atom stereocenters. The van der Waals surface area contributed by atoms with E-state index in [0.29, 0.717) is 5.56 Å². The van der Waals surface area contributed by atoms with E-state index in [-0.39, 0.29) is 0 Å². The molecule has 0 saturated heterocycles. The number of hydrogen-bond donors (Lipinski definition) is 1. The van der Waals surface area contributed by atoms with Crippen LogP contribution in [0.1, 0.15) is 27.9 Å². The highest BCUT2D eigenvalue weighted by molar-refractivity contribution is 9.10. The number of aromatic carboxylic acids is 1. The summed E-state index contributed by atoms with van der Waals surface area (Å²) in [4.78, 5) is 13.7. The van der Waals surface area contributed by atoms with Gasteiger partial charge in [0, 0.05) is 16.7 Å². The molecule has 0 spiro atoms. The van der Waals surface area contributed by atoms with Gasteiger partial charge in [-0.05, 0) is 49.6 Å². The van der Waals surface area contributed by atoms with Crippen molar-refractivity contribution in [2.45, 2.75) is 19.8 Å². The molecule has 108 valence electrons. The summed E-state index contributed by atoms with van der Waals surface area (Å²) in [5, 5.41) is 9.47. The van der Waals surface area contributed by atoms with E-state index in [1.807, 2.05) is 12.1 Å². The Hall–Kier alpha value is -1.81. The molecule has 4 heteroatoms. The lowest BCUT2D eigenvalue weighted by atomic mass is 9.98. The van der Waals surface area contributed by atoms with Gasteiger partial charge in [-0.1, -0.05) is 33.6 Å². The second-order valence-corrected chi connectivity index (χ2v) is 6.27. The van der Waals surface area contributed by atoms with E-state index in [2.05, 4.69) is 46.0 Å². The van der Waals surface area contributed by atoms with E-state index in [9.17, 15) is 9.90 Å². The zero-order valence-corrected chi connectivity index (χ0v) is 13.4. The van der Waals surface area contributed by atoms with E-state index < -0.39 is 5.97 Å². The Morgan fingerprint density at radius 2 is 1.95 bits per heavy atom. The van der Waals surface area contributed by atoms with E-state index in [0.717, 1.165) is 35.2 Å². The number of nitrogens with zero attached hydrogens (tertiary/aromatic N) is 1. The van der Waals surface area contributed by atoms with Gasteiger partial charge in [0.05, 0.1) is 11.3 Å². The number of carboxylic acids is 1. The van der Waals surface area contributed by atoms with Crippen molar-refractivity contribution in [3.63, 3.8) is 0 Å². The standard InChI is InChI=1S/C17H16BrNO2/c1-11-4-6-15-12(9-11)3-2-8-19(15)16-7-5-13(18)10-14(16)17(20)21/h4-7,9-10H,2-3,8H2,1H3,(H,20,21). The van der Waals surface area contributed by atoms with Crippen LogP contribution in [0.3, 0.4) is 0 Å². The van der Waals surface area contributed by atoms with Gasteiger partial charge >= 0.3 is 5.97 Å². The summed E-state index contributed by atoms with van der Waals surface area (Å²) in [6, 6.07) is 11.8. The summed E-state index contributed by atoms with van der Waals surface area (Å²) >= 11 is 3.35. The number of hydrogen-bond acceptors (Lipinski definition) is 2. The molecular weight excluding hydrogens is 330 g/mol. The first-order chi connectivity index (χ1) is 10.1. The topological polar surface area (TPSA) is 40.5 Å². The third-order valence-corrected chi connectivity index (χ3v) is 4.33. The normalized spacial score (nSPS) is 13.9. The maximum atomic E-state index is 11.5. The summed E-state index contributed by atoms with van der Waals surface area (Å²) in [5.74, 6) is -0.898. The fraction of sp³-hybridized carbons (Fsp3) is 0.235. The number of rotatable bonds is 2. The van der Waals surface area contributed by atoms with Crippen LogP contribution in [-0.2, 0) is 6.42 Å². The molecule has 0 saturated carbocycles. The van der Waals surface area contributed by atoms with Crippen LogP contribution in [0.5, 0.6) is 0 Å². The predicted molar refractivity (Wildman–Crippen MR) is 87.6 cm³/mol. The average Bonchev–Trinajstić information content (AvgIpc) is 2.46. The van der Waals surface area contributed by atoms with Crippen molar-refractivity contribution in [1.29, 1.82) is 0 Å². The Labute approximate surface area is 132 Å². The van der Waals surface area contributed by atoms with Crippen LogP contribution in [0.25, 0.3) is 0 Å². The number of halogens is 1. The van der Waals surface area contributed by atoms with Gasteiger partial charge in [0.1, 0.15) is 0 Å². The highest BCUT2D eigenvalue weighted by Crippen LogP contribution is 2.36. The molecule has 0 unspecified atom stereocenters. The molecule has 3 rings (SSSR count). The molecule has 2 aromatic rings. The Kier molecular flexibility index (Phi) is 3.72. The summed E-state index contributed by atoms with van der Waals surface area (Å²) in [6.45, 7) is 2.93. The monoisotopic (exact) mass is 345 g/mol. The van der Waals surface area contributed by atoms with Crippen molar-refractivity contribution in [3.05, 3.63) is 57.6 Å². The van der Waals surface area contributed by atoms with Gasteiger partial charge in [0.2, 0.25) is 0 Å². The molecule has 0 bridgehead atoms. The molecule has 0 amide bonds. The lowest BCUT2D eigenvalue weighted by molar-refractivity contribution is 0.0697.